The first kappa shape index (κ1) is 27.0. The zero-order chi connectivity index (χ0) is 17.2. The first-order valence-corrected chi connectivity index (χ1v) is 11.1. The average Bonchev–Trinajstić information content (AvgIpc) is 2.54. The molecule has 0 aromatic heterocycles. The summed E-state index contributed by atoms with van der Waals surface area (Å²) in [5.41, 5.74) is 6.86. The van der Waals surface area contributed by atoms with Crippen molar-refractivity contribution in [3.8, 4) is 0 Å². The largest absolute Gasteiger partial charge is 0.325 e. The highest BCUT2D eigenvalue weighted by atomic mass is 79.9. The lowest BCUT2D eigenvalue weighted by molar-refractivity contribution is 0.306. The Bertz CT molecular complexity index is 220. The normalized spacial score (nSPS) is 11.5. The molecule has 0 fully saturated rings. The third-order valence-electron chi connectivity index (χ3n) is 5.11. The van der Waals surface area contributed by atoms with E-state index in [-0.39, 0.29) is 22.5 Å². The maximum absolute atomic E-state index is 6.78. The Labute approximate surface area is 168 Å². The summed E-state index contributed by atoms with van der Waals surface area (Å²) in [6.45, 7) is 4.56. The number of rotatable bonds is 18. The highest BCUT2D eigenvalue weighted by Gasteiger charge is 2.23. The van der Waals surface area contributed by atoms with Crippen LogP contribution in [-0.2, 0) is 0 Å². The Morgan fingerprint density at radius 1 is 0.583 bits per heavy atom. The fourth-order valence-electron chi connectivity index (χ4n) is 3.46. The molecule has 0 aliphatic rings. The SMILES string of the molecule is Br.CCCCCCCCC(N)(CCCCCl)CCCCCCCC. The van der Waals surface area contributed by atoms with Gasteiger partial charge in [-0.1, -0.05) is 97.3 Å². The molecule has 3 heteroatoms. The van der Waals surface area contributed by atoms with Crippen LogP contribution < -0.4 is 5.73 Å². The van der Waals surface area contributed by atoms with Crippen LogP contribution in [0.5, 0.6) is 0 Å². The van der Waals surface area contributed by atoms with Crippen molar-refractivity contribution in [1.29, 1.82) is 0 Å². The molecule has 0 bridgehead atoms. The van der Waals surface area contributed by atoms with Gasteiger partial charge in [-0.3, -0.25) is 0 Å². The minimum atomic E-state index is 0. The molecule has 0 heterocycles. The van der Waals surface area contributed by atoms with Gasteiger partial charge in [0.25, 0.3) is 0 Å². The molecule has 148 valence electrons. The number of nitrogens with two attached hydrogens (primary N) is 1. The smallest absolute Gasteiger partial charge is 0.0223 e. The number of unbranched alkanes of at least 4 members (excludes halogenated alkanes) is 11. The van der Waals surface area contributed by atoms with Crippen LogP contribution in [0.2, 0.25) is 0 Å². The Kier molecular flexibility index (Phi) is 22.5. The molecule has 0 unspecified atom stereocenters. The maximum atomic E-state index is 6.78. The Balaban J connectivity index is 0. The molecular formula is C21H45BrClN. The van der Waals surface area contributed by atoms with Gasteiger partial charge in [0.05, 0.1) is 0 Å². The van der Waals surface area contributed by atoms with E-state index in [0.29, 0.717) is 0 Å². The third kappa shape index (κ3) is 17.5. The van der Waals surface area contributed by atoms with E-state index in [1.807, 2.05) is 0 Å². The first-order chi connectivity index (χ1) is 11.2. The van der Waals surface area contributed by atoms with E-state index < -0.39 is 0 Å². The van der Waals surface area contributed by atoms with Gasteiger partial charge < -0.3 is 5.73 Å². The molecule has 0 aliphatic heterocycles. The van der Waals surface area contributed by atoms with Gasteiger partial charge in [0.15, 0.2) is 0 Å². The van der Waals surface area contributed by atoms with Crippen molar-refractivity contribution in [3.63, 3.8) is 0 Å². The van der Waals surface area contributed by atoms with E-state index in [4.69, 9.17) is 17.3 Å². The topological polar surface area (TPSA) is 26.0 Å². The summed E-state index contributed by atoms with van der Waals surface area (Å²) in [6, 6.07) is 0. The van der Waals surface area contributed by atoms with Crippen LogP contribution in [0.1, 0.15) is 123 Å². The Hall–Kier alpha value is 0.730. The van der Waals surface area contributed by atoms with Crippen LogP contribution in [0.25, 0.3) is 0 Å². The molecule has 24 heavy (non-hydrogen) atoms. The molecule has 0 amide bonds. The monoisotopic (exact) mass is 425 g/mol. The van der Waals surface area contributed by atoms with E-state index in [0.717, 1.165) is 12.3 Å². The number of hydrogen-bond acceptors (Lipinski definition) is 1. The maximum Gasteiger partial charge on any atom is 0.0223 e. The van der Waals surface area contributed by atoms with Crippen LogP contribution in [-0.4, -0.2) is 11.4 Å². The lowest BCUT2D eigenvalue weighted by Crippen LogP contribution is -2.39. The summed E-state index contributed by atoms with van der Waals surface area (Å²) < 4.78 is 0. The zero-order valence-corrected chi connectivity index (χ0v) is 19.1. The Morgan fingerprint density at radius 2 is 0.917 bits per heavy atom. The second-order valence-corrected chi connectivity index (χ2v) is 7.92. The molecule has 0 aromatic rings. The van der Waals surface area contributed by atoms with E-state index in [1.165, 1.54) is 103 Å². The molecule has 1 nitrogen and oxygen atoms in total. The van der Waals surface area contributed by atoms with Crippen molar-refractivity contribution in [2.75, 3.05) is 5.88 Å². The molecule has 0 saturated heterocycles. The molecule has 0 atom stereocenters. The van der Waals surface area contributed by atoms with Crippen molar-refractivity contribution < 1.29 is 0 Å². The van der Waals surface area contributed by atoms with Gasteiger partial charge in [0, 0.05) is 11.4 Å². The van der Waals surface area contributed by atoms with Gasteiger partial charge >= 0.3 is 0 Å². The molecular weight excluding hydrogens is 382 g/mol. The van der Waals surface area contributed by atoms with Gasteiger partial charge in [-0.2, -0.15) is 0 Å². The van der Waals surface area contributed by atoms with Crippen molar-refractivity contribution in [3.05, 3.63) is 0 Å². The standard InChI is InChI=1S/C21H44ClN.BrH/c1-3-5-7-9-11-13-17-21(23,19-15-16-20-22)18-14-12-10-8-6-4-2;/h3-20,23H2,1-2H3;1H. The van der Waals surface area contributed by atoms with Gasteiger partial charge in [-0.25, -0.2) is 0 Å². The average molecular weight is 427 g/mol. The summed E-state index contributed by atoms with van der Waals surface area (Å²) in [5.74, 6) is 0.782. The van der Waals surface area contributed by atoms with Crippen LogP contribution in [0.3, 0.4) is 0 Å². The minimum absolute atomic E-state index is 0. The molecule has 0 spiro atoms. The van der Waals surface area contributed by atoms with Crippen molar-refractivity contribution >= 4 is 28.6 Å². The lowest BCUT2D eigenvalue weighted by Gasteiger charge is -2.30. The predicted octanol–water partition coefficient (Wildman–Crippen LogP) is 8.17. The summed E-state index contributed by atoms with van der Waals surface area (Å²) in [6.07, 6.45) is 22.3. The third-order valence-corrected chi connectivity index (χ3v) is 5.38. The van der Waals surface area contributed by atoms with E-state index in [9.17, 15) is 0 Å². The number of halogens is 2. The van der Waals surface area contributed by atoms with Gasteiger partial charge in [0.2, 0.25) is 0 Å². The Morgan fingerprint density at radius 3 is 1.29 bits per heavy atom. The van der Waals surface area contributed by atoms with Crippen LogP contribution in [0.15, 0.2) is 0 Å². The first-order valence-electron chi connectivity index (χ1n) is 10.5. The van der Waals surface area contributed by atoms with Gasteiger partial charge in [0.1, 0.15) is 0 Å². The van der Waals surface area contributed by atoms with Crippen molar-refractivity contribution in [1.82, 2.24) is 0 Å². The fraction of sp³-hybridized carbons (Fsp3) is 1.00. The number of hydrogen-bond donors (Lipinski definition) is 1. The highest BCUT2D eigenvalue weighted by Crippen LogP contribution is 2.26. The summed E-state index contributed by atoms with van der Waals surface area (Å²) >= 11 is 5.84. The second-order valence-electron chi connectivity index (χ2n) is 7.54. The molecule has 0 rings (SSSR count). The number of alkyl halides is 1. The second kappa shape index (κ2) is 20.0. The molecule has 0 aromatic carbocycles. The van der Waals surface area contributed by atoms with E-state index in [1.54, 1.807) is 0 Å². The molecule has 2 N–H and O–H groups in total. The zero-order valence-electron chi connectivity index (χ0n) is 16.6. The predicted molar refractivity (Wildman–Crippen MR) is 118 cm³/mol. The van der Waals surface area contributed by atoms with Crippen LogP contribution in [0.4, 0.5) is 0 Å². The molecule has 0 saturated carbocycles. The minimum Gasteiger partial charge on any atom is -0.325 e. The van der Waals surface area contributed by atoms with Gasteiger partial charge in [-0.15, -0.1) is 28.6 Å². The van der Waals surface area contributed by atoms with Crippen molar-refractivity contribution in [2.24, 2.45) is 5.73 Å². The van der Waals surface area contributed by atoms with E-state index in [2.05, 4.69) is 13.8 Å². The van der Waals surface area contributed by atoms with Gasteiger partial charge in [-0.05, 0) is 25.7 Å². The summed E-state index contributed by atoms with van der Waals surface area (Å²) in [5, 5.41) is 0. The highest BCUT2D eigenvalue weighted by molar-refractivity contribution is 8.93. The van der Waals surface area contributed by atoms with Crippen LogP contribution >= 0.6 is 28.6 Å². The summed E-state index contributed by atoms with van der Waals surface area (Å²) in [4.78, 5) is 0. The molecule has 0 aliphatic carbocycles. The summed E-state index contributed by atoms with van der Waals surface area (Å²) in [7, 11) is 0. The van der Waals surface area contributed by atoms with Crippen molar-refractivity contribution in [2.45, 2.75) is 129 Å². The quantitative estimate of drug-likeness (QED) is 0.173. The van der Waals surface area contributed by atoms with Crippen LogP contribution in [0, 0.1) is 0 Å². The lowest BCUT2D eigenvalue weighted by atomic mass is 9.83. The van der Waals surface area contributed by atoms with E-state index >= 15 is 0 Å². The fourth-order valence-corrected chi connectivity index (χ4v) is 3.65. The molecule has 0 radical (unpaired) electrons.